The van der Waals surface area contributed by atoms with E-state index in [1.165, 1.54) is 0 Å². The van der Waals surface area contributed by atoms with Crippen LogP contribution in [0.15, 0.2) is 54.6 Å². The fourth-order valence-electron chi connectivity index (χ4n) is 2.93. The molecule has 2 aromatic carbocycles. The summed E-state index contributed by atoms with van der Waals surface area (Å²) in [5.41, 5.74) is 3.27. The number of likely N-dealkylation sites (N-methyl/N-ethyl adjacent to an activating group) is 1. The lowest BCUT2D eigenvalue weighted by molar-refractivity contribution is -0.118. The standard InChI is InChI=1S/C18H20N2O/c1-2-19-16-12-13-20(18(16)21)17-11-7-6-10-15(17)14-8-4-3-5-9-14/h3-11,16,19H,2,12-13H2,1H3. The number of hydrogen-bond acceptors (Lipinski definition) is 2. The van der Waals surface area contributed by atoms with Crippen molar-refractivity contribution in [3.05, 3.63) is 54.6 Å². The summed E-state index contributed by atoms with van der Waals surface area (Å²) in [5.74, 6) is 0.181. The van der Waals surface area contributed by atoms with Crippen molar-refractivity contribution in [3.8, 4) is 11.1 Å². The molecule has 0 saturated carbocycles. The van der Waals surface area contributed by atoms with Gasteiger partial charge in [0.15, 0.2) is 0 Å². The van der Waals surface area contributed by atoms with Crippen molar-refractivity contribution in [2.75, 3.05) is 18.0 Å². The van der Waals surface area contributed by atoms with E-state index >= 15 is 0 Å². The minimum atomic E-state index is -0.0428. The molecular formula is C18H20N2O. The second-order valence-electron chi connectivity index (χ2n) is 5.27. The summed E-state index contributed by atoms with van der Waals surface area (Å²) in [6, 6.07) is 18.3. The smallest absolute Gasteiger partial charge is 0.244 e. The molecule has 1 heterocycles. The lowest BCUT2D eigenvalue weighted by Gasteiger charge is -2.20. The Kier molecular flexibility index (Phi) is 4.02. The van der Waals surface area contributed by atoms with Crippen LogP contribution < -0.4 is 10.2 Å². The van der Waals surface area contributed by atoms with Gasteiger partial charge >= 0.3 is 0 Å². The van der Waals surface area contributed by atoms with E-state index in [1.807, 2.05) is 48.2 Å². The van der Waals surface area contributed by atoms with Gasteiger partial charge in [0.05, 0.1) is 11.7 Å². The molecule has 0 bridgehead atoms. The maximum Gasteiger partial charge on any atom is 0.244 e. The molecule has 1 N–H and O–H groups in total. The highest BCUT2D eigenvalue weighted by molar-refractivity contribution is 6.02. The normalized spacial score (nSPS) is 18.2. The molecule has 0 spiro atoms. The molecule has 108 valence electrons. The molecule has 0 aromatic heterocycles. The highest BCUT2D eigenvalue weighted by atomic mass is 16.2. The van der Waals surface area contributed by atoms with Gasteiger partial charge in [-0.3, -0.25) is 4.79 Å². The predicted molar refractivity (Wildman–Crippen MR) is 86.3 cm³/mol. The van der Waals surface area contributed by atoms with Gasteiger partial charge in [-0.15, -0.1) is 0 Å². The first-order chi connectivity index (χ1) is 10.3. The van der Waals surface area contributed by atoms with E-state index < -0.39 is 0 Å². The van der Waals surface area contributed by atoms with Crippen molar-refractivity contribution < 1.29 is 4.79 Å². The lowest BCUT2D eigenvalue weighted by Crippen LogP contribution is -2.38. The number of amides is 1. The maximum absolute atomic E-state index is 12.5. The van der Waals surface area contributed by atoms with Gasteiger partial charge in [0.25, 0.3) is 0 Å². The monoisotopic (exact) mass is 280 g/mol. The highest BCUT2D eigenvalue weighted by Gasteiger charge is 2.32. The molecule has 0 aliphatic carbocycles. The molecule has 1 aliphatic heterocycles. The van der Waals surface area contributed by atoms with Gasteiger partial charge in [0.1, 0.15) is 0 Å². The van der Waals surface area contributed by atoms with E-state index in [9.17, 15) is 4.79 Å². The molecule has 1 amide bonds. The van der Waals surface area contributed by atoms with Crippen LogP contribution in [0.3, 0.4) is 0 Å². The summed E-state index contributed by atoms with van der Waals surface area (Å²) >= 11 is 0. The minimum absolute atomic E-state index is 0.0428. The molecule has 1 fully saturated rings. The van der Waals surface area contributed by atoms with Gasteiger partial charge in [-0.05, 0) is 24.6 Å². The van der Waals surface area contributed by atoms with Crippen molar-refractivity contribution in [2.45, 2.75) is 19.4 Å². The Morgan fingerprint density at radius 3 is 2.57 bits per heavy atom. The molecule has 2 aromatic rings. The maximum atomic E-state index is 12.5. The molecule has 21 heavy (non-hydrogen) atoms. The third kappa shape index (κ3) is 2.69. The summed E-state index contributed by atoms with van der Waals surface area (Å²) in [4.78, 5) is 14.5. The van der Waals surface area contributed by atoms with Crippen LogP contribution in [0.25, 0.3) is 11.1 Å². The number of carbonyl (C=O) groups is 1. The van der Waals surface area contributed by atoms with E-state index in [2.05, 4.69) is 23.5 Å². The number of para-hydroxylation sites is 1. The van der Waals surface area contributed by atoms with Crippen LogP contribution in [0.1, 0.15) is 13.3 Å². The van der Waals surface area contributed by atoms with Crippen molar-refractivity contribution in [2.24, 2.45) is 0 Å². The number of carbonyl (C=O) groups excluding carboxylic acids is 1. The van der Waals surface area contributed by atoms with Crippen LogP contribution in [-0.2, 0) is 4.79 Å². The number of hydrogen-bond donors (Lipinski definition) is 1. The van der Waals surface area contributed by atoms with Crippen molar-refractivity contribution in [3.63, 3.8) is 0 Å². The van der Waals surface area contributed by atoms with Crippen LogP contribution in [0, 0.1) is 0 Å². The molecule has 3 rings (SSSR count). The summed E-state index contributed by atoms with van der Waals surface area (Å²) in [6.07, 6.45) is 0.871. The first-order valence-electron chi connectivity index (χ1n) is 7.50. The Bertz CT molecular complexity index is 624. The average molecular weight is 280 g/mol. The Balaban J connectivity index is 1.95. The lowest BCUT2D eigenvalue weighted by atomic mass is 10.0. The minimum Gasteiger partial charge on any atom is -0.310 e. The molecule has 1 atom stereocenters. The molecule has 0 radical (unpaired) electrons. The van der Waals surface area contributed by atoms with Crippen LogP contribution >= 0.6 is 0 Å². The number of benzene rings is 2. The Morgan fingerprint density at radius 1 is 1.10 bits per heavy atom. The van der Waals surface area contributed by atoms with Crippen LogP contribution in [0.2, 0.25) is 0 Å². The number of anilines is 1. The quantitative estimate of drug-likeness (QED) is 0.933. The second kappa shape index (κ2) is 6.10. The van der Waals surface area contributed by atoms with Crippen LogP contribution in [-0.4, -0.2) is 25.0 Å². The fraction of sp³-hybridized carbons (Fsp3) is 0.278. The van der Waals surface area contributed by atoms with Gasteiger partial charge in [-0.25, -0.2) is 0 Å². The Morgan fingerprint density at radius 2 is 1.81 bits per heavy atom. The largest absolute Gasteiger partial charge is 0.310 e. The van der Waals surface area contributed by atoms with Gasteiger partial charge in [-0.2, -0.15) is 0 Å². The topological polar surface area (TPSA) is 32.3 Å². The van der Waals surface area contributed by atoms with Gasteiger partial charge in [0.2, 0.25) is 5.91 Å². The zero-order valence-electron chi connectivity index (χ0n) is 12.3. The van der Waals surface area contributed by atoms with E-state index in [-0.39, 0.29) is 11.9 Å². The molecule has 1 unspecified atom stereocenters. The SMILES string of the molecule is CCNC1CCN(c2ccccc2-c2ccccc2)C1=O. The van der Waals surface area contributed by atoms with Crippen molar-refractivity contribution >= 4 is 11.6 Å². The third-order valence-corrected chi connectivity index (χ3v) is 3.94. The third-order valence-electron chi connectivity index (χ3n) is 3.94. The molecule has 3 heteroatoms. The number of nitrogens with one attached hydrogen (secondary N) is 1. The van der Waals surface area contributed by atoms with Gasteiger partial charge in [-0.1, -0.05) is 55.5 Å². The van der Waals surface area contributed by atoms with Crippen LogP contribution in [0.5, 0.6) is 0 Å². The zero-order valence-corrected chi connectivity index (χ0v) is 12.3. The van der Waals surface area contributed by atoms with E-state index in [4.69, 9.17) is 0 Å². The molecule has 3 nitrogen and oxygen atoms in total. The first-order valence-corrected chi connectivity index (χ1v) is 7.50. The van der Waals surface area contributed by atoms with Gasteiger partial charge in [0, 0.05) is 12.1 Å². The van der Waals surface area contributed by atoms with E-state index in [0.717, 1.165) is 36.3 Å². The summed E-state index contributed by atoms with van der Waals surface area (Å²) in [5, 5.41) is 3.26. The van der Waals surface area contributed by atoms with Crippen molar-refractivity contribution in [1.29, 1.82) is 0 Å². The second-order valence-corrected chi connectivity index (χ2v) is 5.27. The van der Waals surface area contributed by atoms with E-state index in [0.29, 0.717) is 0 Å². The number of rotatable bonds is 4. The Labute approximate surface area is 125 Å². The van der Waals surface area contributed by atoms with Crippen LogP contribution in [0.4, 0.5) is 5.69 Å². The molecular weight excluding hydrogens is 260 g/mol. The highest BCUT2D eigenvalue weighted by Crippen LogP contribution is 2.33. The summed E-state index contributed by atoms with van der Waals surface area (Å²) in [6.45, 7) is 3.64. The van der Waals surface area contributed by atoms with Crippen molar-refractivity contribution in [1.82, 2.24) is 5.32 Å². The summed E-state index contributed by atoms with van der Waals surface area (Å²) < 4.78 is 0. The molecule has 1 aliphatic rings. The average Bonchev–Trinajstić information content (AvgIpc) is 2.90. The van der Waals surface area contributed by atoms with E-state index in [1.54, 1.807) is 0 Å². The van der Waals surface area contributed by atoms with Gasteiger partial charge < -0.3 is 10.2 Å². The predicted octanol–water partition coefficient (Wildman–Crippen LogP) is 3.07. The molecule has 1 saturated heterocycles. The Hall–Kier alpha value is -2.13. The number of nitrogens with zero attached hydrogens (tertiary/aromatic N) is 1. The summed E-state index contributed by atoms with van der Waals surface area (Å²) in [7, 11) is 0. The zero-order chi connectivity index (χ0) is 14.7. The fourth-order valence-corrected chi connectivity index (χ4v) is 2.93. The first kappa shape index (κ1) is 13.8.